The predicted molar refractivity (Wildman–Crippen MR) is 101 cm³/mol. The Labute approximate surface area is 147 Å². The minimum atomic E-state index is -0.202. The number of pyridine rings is 1. The van der Waals surface area contributed by atoms with Crippen LogP contribution in [-0.2, 0) is 6.42 Å². The standard InChI is InChI=1S/C21H22FN3/c1-16(18-5-3-2-4-6-18)25-21-13-20(14-23-15-21)24-12-11-17-7-9-19(22)10-8-17/h2-10,13-16,24-25H,11-12H2,1H3/t16-/m0/s1. The lowest BCUT2D eigenvalue weighted by atomic mass is 10.1. The summed E-state index contributed by atoms with van der Waals surface area (Å²) in [5.74, 6) is -0.202. The van der Waals surface area contributed by atoms with E-state index >= 15 is 0 Å². The van der Waals surface area contributed by atoms with Crippen molar-refractivity contribution in [2.45, 2.75) is 19.4 Å². The van der Waals surface area contributed by atoms with E-state index in [9.17, 15) is 4.39 Å². The number of nitrogens with zero attached hydrogens (tertiary/aromatic N) is 1. The van der Waals surface area contributed by atoms with Crippen LogP contribution in [0.3, 0.4) is 0 Å². The van der Waals surface area contributed by atoms with Crippen molar-refractivity contribution < 1.29 is 4.39 Å². The molecule has 0 spiro atoms. The van der Waals surface area contributed by atoms with Crippen LogP contribution >= 0.6 is 0 Å². The summed E-state index contributed by atoms with van der Waals surface area (Å²) in [5, 5.41) is 6.83. The molecular weight excluding hydrogens is 313 g/mol. The van der Waals surface area contributed by atoms with Gasteiger partial charge in [-0.2, -0.15) is 0 Å². The number of anilines is 2. The van der Waals surface area contributed by atoms with Crippen LogP contribution < -0.4 is 10.6 Å². The van der Waals surface area contributed by atoms with Gasteiger partial charge in [-0.05, 0) is 42.7 Å². The van der Waals surface area contributed by atoms with Gasteiger partial charge in [0.25, 0.3) is 0 Å². The van der Waals surface area contributed by atoms with E-state index in [0.29, 0.717) is 0 Å². The number of benzene rings is 2. The summed E-state index contributed by atoms with van der Waals surface area (Å²) in [6, 6.07) is 19.2. The highest BCUT2D eigenvalue weighted by Gasteiger charge is 2.05. The van der Waals surface area contributed by atoms with Gasteiger partial charge in [0, 0.05) is 12.6 Å². The highest BCUT2D eigenvalue weighted by atomic mass is 19.1. The van der Waals surface area contributed by atoms with E-state index in [1.807, 2.05) is 42.7 Å². The highest BCUT2D eigenvalue weighted by molar-refractivity contribution is 5.55. The van der Waals surface area contributed by atoms with Crippen molar-refractivity contribution in [3.05, 3.63) is 90.0 Å². The molecule has 2 N–H and O–H groups in total. The largest absolute Gasteiger partial charge is 0.383 e. The Morgan fingerprint density at radius 3 is 2.44 bits per heavy atom. The van der Waals surface area contributed by atoms with Crippen molar-refractivity contribution in [2.24, 2.45) is 0 Å². The first kappa shape index (κ1) is 17.0. The molecule has 0 aliphatic rings. The Balaban J connectivity index is 1.55. The second kappa shape index (κ2) is 8.29. The van der Waals surface area contributed by atoms with Crippen LogP contribution in [0.2, 0.25) is 0 Å². The monoisotopic (exact) mass is 335 g/mol. The molecule has 1 aromatic heterocycles. The van der Waals surface area contributed by atoms with E-state index in [-0.39, 0.29) is 11.9 Å². The molecule has 0 saturated carbocycles. The summed E-state index contributed by atoms with van der Waals surface area (Å²) in [6.07, 6.45) is 4.46. The number of nitrogens with one attached hydrogen (secondary N) is 2. The minimum absolute atomic E-state index is 0.202. The Morgan fingerprint density at radius 1 is 0.960 bits per heavy atom. The summed E-state index contributed by atoms with van der Waals surface area (Å²) in [5.41, 5.74) is 4.28. The maximum absolute atomic E-state index is 12.9. The molecule has 0 radical (unpaired) electrons. The minimum Gasteiger partial charge on any atom is -0.383 e. The molecule has 25 heavy (non-hydrogen) atoms. The smallest absolute Gasteiger partial charge is 0.123 e. The third-order valence-corrected chi connectivity index (χ3v) is 4.08. The first-order valence-electron chi connectivity index (χ1n) is 8.45. The molecule has 1 atom stereocenters. The van der Waals surface area contributed by atoms with Gasteiger partial charge in [0.05, 0.1) is 23.8 Å². The third-order valence-electron chi connectivity index (χ3n) is 4.08. The molecular formula is C21H22FN3. The van der Waals surface area contributed by atoms with E-state index in [4.69, 9.17) is 0 Å². The van der Waals surface area contributed by atoms with Crippen LogP contribution in [0.15, 0.2) is 73.1 Å². The number of hydrogen-bond acceptors (Lipinski definition) is 3. The van der Waals surface area contributed by atoms with E-state index in [1.54, 1.807) is 0 Å². The summed E-state index contributed by atoms with van der Waals surface area (Å²) in [6.45, 7) is 2.90. The zero-order chi connectivity index (χ0) is 17.5. The van der Waals surface area contributed by atoms with Crippen LogP contribution in [0.1, 0.15) is 24.1 Å². The number of rotatable bonds is 7. The zero-order valence-electron chi connectivity index (χ0n) is 14.2. The zero-order valence-corrected chi connectivity index (χ0v) is 14.2. The molecule has 0 bridgehead atoms. The van der Waals surface area contributed by atoms with Crippen LogP contribution in [0.25, 0.3) is 0 Å². The maximum Gasteiger partial charge on any atom is 0.123 e. The first-order valence-corrected chi connectivity index (χ1v) is 8.45. The lowest BCUT2D eigenvalue weighted by Crippen LogP contribution is -2.08. The van der Waals surface area contributed by atoms with Crippen molar-refractivity contribution in [3.8, 4) is 0 Å². The van der Waals surface area contributed by atoms with Gasteiger partial charge in [0.1, 0.15) is 5.82 Å². The average molecular weight is 335 g/mol. The van der Waals surface area contributed by atoms with Gasteiger partial charge in [-0.3, -0.25) is 4.98 Å². The van der Waals surface area contributed by atoms with Gasteiger partial charge in [0.15, 0.2) is 0 Å². The molecule has 0 saturated heterocycles. The fourth-order valence-electron chi connectivity index (χ4n) is 2.69. The second-order valence-electron chi connectivity index (χ2n) is 6.04. The first-order chi connectivity index (χ1) is 12.2. The molecule has 4 heteroatoms. The Bertz CT molecular complexity index is 788. The highest BCUT2D eigenvalue weighted by Crippen LogP contribution is 2.20. The maximum atomic E-state index is 12.9. The summed E-state index contributed by atoms with van der Waals surface area (Å²) >= 11 is 0. The van der Waals surface area contributed by atoms with Crippen molar-refractivity contribution in [1.29, 1.82) is 0 Å². The Hall–Kier alpha value is -2.88. The van der Waals surface area contributed by atoms with Crippen LogP contribution in [0.4, 0.5) is 15.8 Å². The van der Waals surface area contributed by atoms with Crippen molar-refractivity contribution in [2.75, 3.05) is 17.2 Å². The van der Waals surface area contributed by atoms with E-state index in [2.05, 4.69) is 40.7 Å². The topological polar surface area (TPSA) is 37.0 Å². The fraction of sp³-hybridized carbons (Fsp3) is 0.190. The molecule has 0 aliphatic heterocycles. The van der Waals surface area contributed by atoms with Crippen LogP contribution in [0, 0.1) is 5.82 Å². The lowest BCUT2D eigenvalue weighted by molar-refractivity contribution is 0.627. The van der Waals surface area contributed by atoms with E-state index < -0.39 is 0 Å². The van der Waals surface area contributed by atoms with E-state index in [1.165, 1.54) is 17.7 Å². The Morgan fingerprint density at radius 2 is 1.68 bits per heavy atom. The summed E-state index contributed by atoms with van der Waals surface area (Å²) < 4.78 is 12.9. The SMILES string of the molecule is C[C@H](Nc1cncc(NCCc2ccc(F)cc2)c1)c1ccccc1. The van der Waals surface area contributed by atoms with Gasteiger partial charge in [-0.1, -0.05) is 42.5 Å². The lowest BCUT2D eigenvalue weighted by Gasteiger charge is -2.16. The van der Waals surface area contributed by atoms with Crippen LogP contribution in [-0.4, -0.2) is 11.5 Å². The predicted octanol–water partition coefficient (Wildman–Crippen LogP) is 5.05. The third kappa shape index (κ3) is 5.05. The van der Waals surface area contributed by atoms with Gasteiger partial charge < -0.3 is 10.6 Å². The van der Waals surface area contributed by atoms with Gasteiger partial charge >= 0.3 is 0 Å². The molecule has 0 aliphatic carbocycles. The second-order valence-corrected chi connectivity index (χ2v) is 6.04. The molecule has 3 aromatic rings. The summed E-state index contributed by atoms with van der Waals surface area (Å²) in [4.78, 5) is 4.29. The number of hydrogen-bond donors (Lipinski definition) is 2. The molecule has 3 nitrogen and oxygen atoms in total. The molecule has 0 amide bonds. The summed E-state index contributed by atoms with van der Waals surface area (Å²) in [7, 11) is 0. The molecule has 1 heterocycles. The Kier molecular flexibility index (Phi) is 5.62. The molecule has 0 unspecified atom stereocenters. The van der Waals surface area contributed by atoms with Crippen LogP contribution in [0.5, 0.6) is 0 Å². The normalized spacial score (nSPS) is 11.8. The van der Waals surface area contributed by atoms with Gasteiger partial charge in [0.2, 0.25) is 0 Å². The average Bonchev–Trinajstić information content (AvgIpc) is 2.64. The molecule has 0 fully saturated rings. The number of halogens is 1. The molecule has 128 valence electrons. The number of aromatic nitrogens is 1. The molecule has 2 aromatic carbocycles. The fourth-order valence-corrected chi connectivity index (χ4v) is 2.69. The quantitative estimate of drug-likeness (QED) is 0.634. The van der Waals surface area contributed by atoms with Crippen molar-refractivity contribution in [3.63, 3.8) is 0 Å². The van der Waals surface area contributed by atoms with Crippen molar-refractivity contribution in [1.82, 2.24) is 4.98 Å². The van der Waals surface area contributed by atoms with Gasteiger partial charge in [-0.15, -0.1) is 0 Å². The molecule has 3 rings (SSSR count). The van der Waals surface area contributed by atoms with E-state index in [0.717, 1.165) is 29.9 Å². The van der Waals surface area contributed by atoms with Gasteiger partial charge in [-0.25, -0.2) is 4.39 Å². The van der Waals surface area contributed by atoms with Crippen molar-refractivity contribution >= 4 is 11.4 Å².